The molecule has 0 aromatic heterocycles. The molecule has 1 fully saturated rings. The third-order valence-corrected chi connectivity index (χ3v) is 4.02. The zero-order chi connectivity index (χ0) is 13.7. The van der Waals surface area contributed by atoms with Crippen LogP contribution in [0.25, 0.3) is 0 Å². The van der Waals surface area contributed by atoms with Gasteiger partial charge in [0.05, 0.1) is 0 Å². The maximum atomic E-state index is 11.9. The molecule has 1 saturated carbocycles. The molecule has 2 N–H and O–H groups in total. The van der Waals surface area contributed by atoms with Crippen LogP contribution in [0, 0.1) is 0 Å². The van der Waals surface area contributed by atoms with Gasteiger partial charge >= 0.3 is 0 Å². The summed E-state index contributed by atoms with van der Waals surface area (Å²) < 4.78 is 1.02. The van der Waals surface area contributed by atoms with Crippen molar-refractivity contribution in [2.24, 2.45) is 0 Å². The quantitative estimate of drug-likeness (QED) is 0.867. The molecule has 1 aromatic rings. The number of carbonyl (C=O) groups is 1. The SMILES string of the molecule is CC(CC(=O)Nc1ccc(Br)cc1)NC1CCCC1. The second kappa shape index (κ2) is 7.06. The maximum Gasteiger partial charge on any atom is 0.225 e. The van der Waals surface area contributed by atoms with E-state index in [1.807, 2.05) is 24.3 Å². The predicted molar refractivity (Wildman–Crippen MR) is 82.2 cm³/mol. The molecular weight excluding hydrogens is 304 g/mol. The zero-order valence-electron chi connectivity index (χ0n) is 11.3. The number of carbonyl (C=O) groups excluding carboxylic acids is 1. The van der Waals surface area contributed by atoms with Crippen LogP contribution in [0.2, 0.25) is 0 Å². The van der Waals surface area contributed by atoms with Crippen LogP contribution in [-0.4, -0.2) is 18.0 Å². The summed E-state index contributed by atoms with van der Waals surface area (Å²) in [6.07, 6.45) is 5.65. The topological polar surface area (TPSA) is 41.1 Å². The Labute approximate surface area is 123 Å². The fraction of sp³-hybridized carbons (Fsp3) is 0.533. The van der Waals surface area contributed by atoms with E-state index in [0.717, 1.165) is 10.2 Å². The average Bonchev–Trinajstić information content (AvgIpc) is 2.84. The molecule has 0 bridgehead atoms. The van der Waals surface area contributed by atoms with Crippen molar-refractivity contribution in [2.75, 3.05) is 5.32 Å². The number of rotatable bonds is 5. The first-order chi connectivity index (χ1) is 9.13. The number of halogens is 1. The van der Waals surface area contributed by atoms with Crippen molar-refractivity contribution in [3.05, 3.63) is 28.7 Å². The van der Waals surface area contributed by atoms with Gasteiger partial charge in [-0.3, -0.25) is 4.79 Å². The van der Waals surface area contributed by atoms with Crippen molar-refractivity contribution < 1.29 is 4.79 Å². The van der Waals surface area contributed by atoms with Gasteiger partial charge in [-0.2, -0.15) is 0 Å². The lowest BCUT2D eigenvalue weighted by Crippen LogP contribution is -2.37. The first kappa shape index (κ1) is 14.5. The molecule has 1 atom stereocenters. The largest absolute Gasteiger partial charge is 0.326 e. The van der Waals surface area contributed by atoms with Gasteiger partial charge in [-0.05, 0) is 44.0 Å². The van der Waals surface area contributed by atoms with Crippen LogP contribution in [0.3, 0.4) is 0 Å². The number of nitrogens with one attached hydrogen (secondary N) is 2. The van der Waals surface area contributed by atoms with Crippen LogP contribution in [0.15, 0.2) is 28.7 Å². The highest BCUT2D eigenvalue weighted by Gasteiger charge is 2.18. The Hall–Kier alpha value is -0.870. The van der Waals surface area contributed by atoms with Crippen molar-refractivity contribution in [1.82, 2.24) is 5.32 Å². The lowest BCUT2D eigenvalue weighted by molar-refractivity contribution is -0.116. The second-order valence-electron chi connectivity index (χ2n) is 5.31. The molecule has 19 heavy (non-hydrogen) atoms. The molecule has 0 aliphatic heterocycles. The highest BCUT2D eigenvalue weighted by Crippen LogP contribution is 2.19. The number of amides is 1. The minimum Gasteiger partial charge on any atom is -0.326 e. The molecule has 104 valence electrons. The van der Waals surface area contributed by atoms with Crippen molar-refractivity contribution in [3.63, 3.8) is 0 Å². The standard InChI is InChI=1S/C15H21BrN2O/c1-11(17-13-4-2-3-5-13)10-15(19)18-14-8-6-12(16)7-9-14/h6-9,11,13,17H,2-5,10H2,1H3,(H,18,19). The molecule has 0 saturated heterocycles. The maximum absolute atomic E-state index is 11.9. The van der Waals surface area contributed by atoms with E-state index in [2.05, 4.69) is 33.5 Å². The Kier molecular flexibility index (Phi) is 5.40. The molecule has 0 heterocycles. The van der Waals surface area contributed by atoms with E-state index in [0.29, 0.717) is 12.5 Å². The zero-order valence-corrected chi connectivity index (χ0v) is 12.9. The highest BCUT2D eigenvalue weighted by atomic mass is 79.9. The summed E-state index contributed by atoms with van der Waals surface area (Å²) in [7, 11) is 0. The van der Waals surface area contributed by atoms with Gasteiger partial charge in [0, 0.05) is 28.7 Å². The van der Waals surface area contributed by atoms with Crippen molar-refractivity contribution in [1.29, 1.82) is 0 Å². The number of hydrogen-bond acceptors (Lipinski definition) is 2. The molecule has 0 radical (unpaired) electrons. The molecule has 3 nitrogen and oxygen atoms in total. The summed E-state index contributed by atoms with van der Waals surface area (Å²) >= 11 is 3.38. The van der Waals surface area contributed by atoms with Gasteiger partial charge < -0.3 is 10.6 Å². The number of benzene rings is 1. The Morgan fingerprint density at radius 3 is 2.58 bits per heavy atom. The van der Waals surface area contributed by atoms with E-state index in [1.165, 1.54) is 25.7 Å². The first-order valence-electron chi connectivity index (χ1n) is 6.95. The number of anilines is 1. The molecular formula is C15H21BrN2O. The molecule has 1 aliphatic carbocycles. The van der Waals surface area contributed by atoms with Crippen LogP contribution >= 0.6 is 15.9 Å². The van der Waals surface area contributed by atoms with Gasteiger partial charge in [-0.15, -0.1) is 0 Å². The van der Waals surface area contributed by atoms with E-state index in [9.17, 15) is 4.79 Å². The Morgan fingerprint density at radius 2 is 1.95 bits per heavy atom. The summed E-state index contributed by atoms with van der Waals surface area (Å²) in [5.41, 5.74) is 0.848. The monoisotopic (exact) mass is 324 g/mol. The van der Waals surface area contributed by atoms with Gasteiger partial charge in [0.2, 0.25) is 5.91 Å². The van der Waals surface area contributed by atoms with Crippen LogP contribution in [-0.2, 0) is 4.79 Å². The van der Waals surface area contributed by atoms with Crippen LogP contribution < -0.4 is 10.6 Å². The molecule has 1 amide bonds. The summed E-state index contributed by atoms with van der Waals surface area (Å²) in [5.74, 6) is 0.0697. The summed E-state index contributed by atoms with van der Waals surface area (Å²) in [4.78, 5) is 11.9. The Balaban J connectivity index is 1.75. The van der Waals surface area contributed by atoms with Gasteiger partial charge in [0.15, 0.2) is 0 Å². The van der Waals surface area contributed by atoms with Crippen molar-refractivity contribution >= 4 is 27.5 Å². The van der Waals surface area contributed by atoms with Crippen LogP contribution in [0.4, 0.5) is 5.69 Å². The molecule has 1 aromatic carbocycles. The van der Waals surface area contributed by atoms with Crippen LogP contribution in [0.5, 0.6) is 0 Å². The van der Waals surface area contributed by atoms with E-state index in [4.69, 9.17) is 0 Å². The fourth-order valence-corrected chi connectivity index (χ4v) is 2.84. The average molecular weight is 325 g/mol. The minimum absolute atomic E-state index is 0.0697. The molecule has 4 heteroatoms. The van der Waals surface area contributed by atoms with Gasteiger partial charge in [-0.25, -0.2) is 0 Å². The van der Waals surface area contributed by atoms with E-state index in [-0.39, 0.29) is 11.9 Å². The van der Waals surface area contributed by atoms with Gasteiger partial charge in [0.1, 0.15) is 0 Å². The third-order valence-electron chi connectivity index (χ3n) is 3.49. The smallest absolute Gasteiger partial charge is 0.225 e. The predicted octanol–water partition coefficient (Wildman–Crippen LogP) is 3.70. The van der Waals surface area contributed by atoms with E-state index < -0.39 is 0 Å². The first-order valence-corrected chi connectivity index (χ1v) is 7.74. The second-order valence-corrected chi connectivity index (χ2v) is 6.22. The Morgan fingerprint density at radius 1 is 1.32 bits per heavy atom. The van der Waals surface area contributed by atoms with Crippen molar-refractivity contribution in [3.8, 4) is 0 Å². The van der Waals surface area contributed by atoms with Gasteiger partial charge in [0.25, 0.3) is 0 Å². The lowest BCUT2D eigenvalue weighted by Gasteiger charge is -2.18. The summed E-state index contributed by atoms with van der Waals surface area (Å²) in [6, 6.07) is 8.49. The lowest BCUT2D eigenvalue weighted by atomic mass is 10.1. The van der Waals surface area contributed by atoms with Crippen molar-refractivity contribution in [2.45, 2.75) is 51.1 Å². The Bertz CT molecular complexity index is 413. The van der Waals surface area contributed by atoms with Crippen LogP contribution in [0.1, 0.15) is 39.0 Å². The molecule has 1 unspecified atom stereocenters. The normalized spacial score (nSPS) is 17.4. The molecule has 2 rings (SSSR count). The highest BCUT2D eigenvalue weighted by molar-refractivity contribution is 9.10. The molecule has 0 spiro atoms. The number of hydrogen-bond donors (Lipinski definition) is 2. The van der Waals surface area contributed by atoms with E-state index >= 15 is 0 Å². The summed E-state index contributed by atoms with van der Waals surface area (Å²) in [6.45, 7) is 2.08. The summed E-state index contributed by atoms with van der Waals surface area (Å²) in [5, 5.41) is 6.46. The fourth-order valence-electron chi connectivity index (χ4n) is 2.58. The van der Waals surface area contributed by atoms with E-state index in [1.54, 1.807) is 0 Å². The molecule has 1 aliphatic rings. The third kappa shape index (κ3) is 4.96. The minimum atomic E-state index is 0.0697. The van der Waals surface area contributed by atoms with Gasteiger partial charge in [-0.1, -0.05) is 28.8 Å².